The second-order valence-electron chi connectivity index (χ2n) is 13.5. The van der Waals surface area contributed by atoms with Gasteiger partial charge in [0.15, 0.2) is 0 Å². The number of anilines is 1. The zero-order chi connectivity index (χ0) is 30.1. The molecular weight excluding hydrogens is 538 g/mol. The van der Waals surface area contributed by atoms with Crippen LogP contribution in [-0.2, 0) is 24.1 Å². The molecule has 6 heteroatoms. The molecule has 0 saturated heterocycles. The fraction of sp³-hybridized carbons (Fsp3) is 0.472. The van der Waals surface area contributed by atoms with Crippen molar-refractivity contribution in [2.75, 3.05) is 25.7 Å². The van der Waals surface area contributed by atoms with Gasteiger partial charge in [0.2, 0.25) is 5.91 Å². The molecule has 1 atom stereocenters. The fourth-order valence-electron chi connectivity index (χ4n) is 5.67. The molecule has 42 heavy (non-hydrogen) atoms. The van der Waals surface area contributed by atoms with Crippen LogP contribution in [0.2, 0.25) is 18.1 Å². The second-order valence-corrected chi connectivity index (χ2v) is 18.2. The van der Waals surface area contributed by atoms with Crippen LogP contribution in [0.1, 0.15) is 68.2 Å². The number of benzene rings is 3. The number of rotatable bonds is 10. The van der Waals surface area contributed by atoms with Gasteiger partial charge < -0.3 is 18.8 Å². The summed E-state index contributed by atoms with van der Waals surface area (Å²) in [6.45, 7) is 12.0. The highest BCUT2D eigenvalue weighted by atomic mass is 28.4. The first-order valence-electron chi connectivity index (χ1n) is 15.4. The van der Waals surface area contributed by atoms with Gasteiger partial charge >= 0.3 is 0 Å². The van der Waals surface area contributed by atoms with Gasteiger partial charge in [0.1, 0.15) is 11.5 Å². The lowest BCUT2D eigenvalue weighted by Gasteiger charge is -2.48. The van der Waals surface area contributed by atoms with Crippen molar-refractivity contribution in [1.29, 1.82) is 0 Å². The molecule has 2 aliphatic rings. The van der Waals surface area contributed by atoms with E-state index in [9.17, 15) is 4.79 Å². The number of hydrogen-bond acceptors (Lipinski definition) is 4. The van der Waals surface area contributed by atoms with Crippen molar-refractivity contribution in [3.05, 3.63) is 82.9 Å². The SMILES string of the molecule is COc1ccc2c(c1)CCC(c1ccc(OC)cc1N(CCc1ccc(O[Si-](C)(C)C(C)(C)C)cc1)C(=O)C1CC1)C2. The maximum Gasteiger partial charge on any atom is 0.230 e. The van der Waals surface area contributed by atoms with E-state index in [4.69, 9.17) is 13.9 Å². The van der Waals surface area contributed by atoms with Crippen LogP contribution in [0.15, 0.2) is 60.7 Å². The van der Waals surface area contributed by atoms with E-state index in [1.165, 1.54) is 22.3 Å². The molecule has 3 aromatic rings. The summed E-state index contributed by atoms with van der Waals surface area (Å²) in [5, 5.41) is 0.150. The summed E-state index contributed by atoms with van der Waals surface area (Å²) in [7, 11) is 1.53. The number of carbonyl (C=O) groups is 1. The Balaban J connectivity index is 1.38. The molecule has 0 spiro atoms. The first-order valence-corrected chi connectivity index (χ1v) is 18.3. The van der Waals surface area contributed by atoms with Crippen LogP contribution in [0.5, 0.6) is 17.2 Å². The Kier molecular flexibility index (Phi) is 8.75. The van der Waals surface area contributed by atoms with E-state index in [1.54, 1.807) is 14.2 Å². The van der Waals surface area contributed by atoms with Crippen LogP contribution in [0.3, 0.4) is 0 Å². The molecule has 1 amide bonds. The van der Waals surface area contributed by atoms with E-state index in [0.717, 1.165) is 61.5 Å². The first kappa shape index (κ1) is 30.2. The van der Waals surface area contributed by atoms with Gasteiger partial charge in [-0.3, -0.25) is 4.79 Å². The molecule has 0 bridgehead atoms. The molecule has 0 aromatic heterocycles. The molecule has 3 aromatic carbocycles. The molecule has 0 aliphatic heterocycles. The number of nitrogens with zero attached hydrogens (tertiary/aromatic N) is 1. The molecule has 5 rings (SSSR count). The van der Waals surface area contributed by atoms with Gasteiger partial charge in [-0.25, -0.2) is 0 Å². The minimum atomic E-state index is -1.89. The molecular formula is C36H47NO4Si-. The van der Waals surface area contributed by atoms with Crippen LogP contribution in [-0.4, -0.2) is 35.0 Å². The van der Waals surface area contributed by atoms with Crippen molar-refractivity contribution in [1.82, 2.24) is 0 Å². The van der Waals surface area contributed by atoms with Crippen LogP contribution in [0, 0.1) is 5.92 Å². The topological polar surface area (TPSA) is 48.0 Å². The number of fused-ring (bicyclic) bond motifs is 1. The summed E-state index contributed by atoms with van der Waals surface area (Å²) in [4.78, 5) is 15.8. The second kappa shape index (κ2) is 12.2. The molecule has 0 heterocycles. The van der Waals surface area contributed by atoms with Gasteiger partial charge in [0, 0.05) is 26.8 Å². The average molecular weight is 586 g/mol. The fourth-order valence-corrected chi connectivity index (χ4v) is 6.70. The minimum absolute atomic E-state index is 0.129. The molecule has 1 unspecified atom stereocenters. The summed E-state index contributed by atoms with van der Waals surface area (Å²) >= 11 is 0. The van der Waals surface area contributed by atoms with Gasteiger partial charge in [-0.15, -0.1) is 18.1 Å². The maximum absolute atomic E-state index is 13.8. The Morgan fingerprint density at radius 2 is 1.50 bits per heavy atom. The predicted octanol–water partition coefficient (Wildman–Crippen LogP) is 8.35. The van der Waals surface area contributed by atoms with Crippen LogP contribution < -0.4 is 18.8 Å². The molecule has 1 saturated carbocycles. The van der Waals surface area contributed by atoms with Crippen molar-refractivity contribution in [2.45, 2.75) is 83.3 Å². The van der Waals surface area contributed by atoms with Crippen molar-refractivity contribution < 1.29 is 18.7 Å². The summed E-state index contributed by atoms with van der Waals surface area (Å²) in [6, 6.07) is 21.2. The van der Waals surface area contributed by atoms with Crippen LogP contribution >= 0.6 is 0 Å². The Morgan fingerprint density at radius 1 is 0.857 bits per heavy atom. The standard InChI is InChI=1S/C36H47NO4Si/c1-36(2,3)42(6,7)41-30-15-8-25(9-16-30)20-21-37(35(38)26-10-11-26)34-24-32(40-5)18-19-33(34)29-13-12-28-23-31(39-4)17-14-27(28)22-29/h8-9,14-19,23-24,26,29H,10-13,20-22H2,1-7H3/q-1. The van der Waals surface area contributed by atoms with Crippen LogP contribution in [0.25, 0.3) is 0 Å². The summed E-state index contributed by atoms with van der Waals surface area (Å²) < 4.78 is 17.6. The first-order chi connectivity index (χ1) is 20.0. The largest absolute Gasteiger partial charge is 0.689 e. The lowest BCUT2D eigenvalue weighted by atomic mass is 9.79. The number of amides is 1. The zero-order valence-electron chi connectivity index (χ0n) is 26.5. The van der Waals surface area contributed by atoms with Gasteiger partial charge in [0.25, 0.3) is 0 Å². The van der Waals surface area contributed by atoms with Gasteiger partial charge in [-0.05, 0) is 97.0 Å². The summed E-state index contributed by atoms with van der Waals surface area (Å²) in [5.74, 6) is 3.34. The lowest BCUT2D eigenvalue weighted by Crippen LogP contribution is -2.43. The van der Waals surface area contributed by atoms with E-state index in [-0.39, 0.29) is 16.9 Å². The average Bonchev–Trinajstić information content (AvgIpc) is 3.82. The number of hydrogen-bond donors (Lipinski definition) is 0. The molecule has 0 N–H and O–H groups in total. The Labute approximate surface area is 253 Å². The van der Waals surface area contributed by atoms with Crippen molar-refractivity contribution in [3.8, 4) is 17.2 Å². The van der Waals surface area contributed by atoms with Crippen molar-refractivity contribution in [3.63, 3.8) is 0 Å². The van der Waals surface area contributed by atoms with Crippen molar-refractivity contribution >= 4 is 19.9 Å². The van der Waals surface area contributed by atoms with Crippen LogP contribution in [0.4, 0.5) is 5.69 Å². The molecule has 2 aliphatic carbocycles. The Bertz CT molecular complexity index is 1400. The predicted molar refractivity (Wildman–Crippen MR) is 174 cm³/mol. The highest BCUT2D eigenvalue weighted by Gasteiger charge is 2.36. The van der Waals surface area contributed by atoms with Gasteiger partial charge in [-0.2, -0.15) is 0 Å². The highest BCUT2D eigenvalue weighted by Crippen LogP contribution is 2.42. The van der Waals surface area contributed by atoms with E-state index in [2.05, 4.69) is 93.4 Å². The van der Waals surface area contributed by atoms with E-state index in [1.807, 2.05) is 6.07 Å². The summed E-state index contributed by atoms with van der Waals surface area (Å²) in [6.07, 6.45) is 5.74. The van der Waals surface area contributed by atoms with E-state index in [0.29, 0.717) is 12.5 Å². The van der Waals surface area contributed by atoms with Crippen molar-refractivity contribution in [2.24, 2.45) is 5.92 Å². The third-order valence-corrected chi connectivity index (χ3v) is 13.9. The molecule has 5 nitrogen and oxygen atoms in total. The summed E-state index contributed by atoms with van der Waals surface area (Å²) in [5.41, 5.74) is 6.19. The number of ether oxygens (including phenoxy) is 2. The molecule has 225 valence electrons. The third-order valence-electron chi connectivity index (χ3n) is 9.53. The lowest BCUT2D eigenvalue weighted by molar-refractivity contribution is -0.119. The number of methoxy groups -OCH3 is 2. The normalized spacial score (nSPS) is 16.9. The van der Waals surface area contributed by atoms with Gasteiger partial charge in [0.05, 0.1) is 25.7 Å². The quantitative estimate of drug-likeness (QED) is 0.224. The Morgan fingerprint density at radius 3 is 2.14 bits per heavy atom. The monoisotopic (exact) mass is 585 g/mol. The smallest absolute Gasteiger partial charge is 0.230 e. The minimum Gasteiger partial charge on any atom is -0.689 e. The zero-order valence-corrected chi connectivity index (χ0v) is 27.5. The third kappa shape index (κ3) is 6.70. The number of aryl methyl sites for hydroxylation is 1. The highest BCUT2D eigenvalue weighted by molar-refractivity contribution is 6.74. The van der Waals surface area contributed by atoms with E-state index >= 15 is 0 Å². The molecule has 0 radical (unpaired) electrons. The van der Waals surface area contributed by atoms with E-state index < -0.39 is 8.32 Å². The number of carbonyl (C=O) groups excluding carboxylic acids is 1. The molecule has 1 fully saturated rings. The maximum atomic E-state index is 13.8. The van der Waals surface area contributed by atoms with Gasteiger partial charge in [-0.1, -0.05) is 45.0 Å². The Hall–Kier alpha value is -3.25.